The van der Waals surface area contributed by atoms with Crippen LogP contribution in [0.3, 0.4) is 0 Å². The number of carbonyl (C=O) groups is 1. The van der Waals surface area contributed by atoms with E-state index in [1.165, 1.54) is 31.0 Å². The first kappa shape index (κ1) is 14.4. The van der Waals surface area contributed by atoms with Gasteiger partial charge in [0.25, 0.3) is 0 Å². The van der Waals surface area contributed by atoms with E-state index in [4.69, 9.17) is 9.63 Å². The Morgan fingerprint density at radius 1 is 1.53 bits per heavy atom. The SMILES string of the molecule is CCC1CCCC(c2noc(CSCC(=O)O)n2)C1. The lowest BCUT2D eigenvalue weighted by Crippen LogP contribution is -2.14. The first-order valence-electron chi connectivity index (χ1n) is 6.81. The largest absolute Gasteiger partial charge is 0.481 e. The Kier molecular flexibility index (Phi) is 5.24. The Labute approximate surface area is 117 Å². The van der Waals surface area contributed by atoms with Gasteiger partial charge in [-0.25, -0.2) is 0 Å². The molecule has 0 spiro atoms. The second-order valence-electron chi connectivity index (χ2n) is 5.07. The Hall–Kier alpha value is -1.04. The predicted octanol–water partition coefficient (Wildman–Crippen LogP) is 3.07. The molecule has 1 saturated carbocycles. The summed E-state index contributed by atoms with van der Waals surface area (Å²) in [6.45, 7) is 2.23. The summed E-state index contributed by atoms with van der Waals surface area (Å²) in [5.74, 6) is 2.27. The highest BCUT2D eigenvalue weighted by atomic mass is 32.2. The highest BCUT2D eigenvalue weighted by molar-refractivity contribution is 7.99. The quantitative estimate of drug-likeness (QED) is 0.865. The Bertz CT molecular complexity index is 422. The van der Waals surface area contributed by atoms with Crippen LogP contribution < -0.4 is 0 Å². The van der Waals surface area contributed by atoms with E-state index < -0.39 is 5.97 Å². The van der Waals surface area contributed by atoms with Crippen LogP contribution in [0.4, 0.5) is 0 Å². The first-order chi connectivity index (χ1) is 9.19. The minimum Gasteiger partial charge on any atom is -0.481 e. The molecule has 106 valence electrons. The maximum absolute atomic E-state index is 10.4. The van der Waals surface area contributed by atoms with Crippen LogP contribution in [0.5, 0.6) is 0 Å². The average Bonchev–Trinajstić information content (AvgIpc) is 2.87. The number of hydrogen-bond acceptors (Lipinski definition) is 5. The zero-order chi connectivity index (χ0) is 13.7. The molecule has 6 heteroatoms. The molecule has 0 aromatic carbocycles. The number of carboxylic acids is 1. The lowest BCUT2D eigenvalue weighted by atomic mass is 9.80. The molecule has 1 aliphatic rings. The molecule has 5 nitrogen and oxygen atoms in total. The smallest absolute Gasteiger partial charge is 0.313 e. The summed E-state index contributed by atoms with van der Waals surface area (Å²) < 4.78 is 5.19. The van der Waals surface area contributed by atoms with Crippen LogP contribution in [0.15, 0.2) is 4.52 Å². The summed E-state index contributed by atoms with van der Waals surface area (Å²) in [5.41, 5.74) is 0. The van der Waals surface area contributed by atoms with Gasteiger partial charge in [0.1, 0.15) is 0 Å². The van der Waals surface area contributed by atoms with Crippen LogP contribution in [-0.4, -0.2) is 27.0 Å². The van der Waals surface area contributed by atoms with Crippen LogP contribution in [-0.2, 0) is 10.5 Å². The second-order valence-corrected chi connectivity index (χ2v) is 6.06. The van der Waals surface area contributed by atoms with Gasteiger partial charge in [0.15, 0.2) is 5.82 Å². The van der Waals surface area contributed by atoms with Crippen LogP contribution in [0.25, 0.3) is 0 Å². The summed E-state index contributed by atoms with van der Waals surface area (Å²) in [6.07, 6.45) is 6.05. The normalized spacial score (nSPS) is 23.4. The van der Waals surface area contributed by atoms with E-state index in [-0.39, 0.29) is 5.75 Å². The lowest BCUT2D eigenvalue weighted by molar-refractivity contribution is -0.133. The molecule has 1 aromatic rings. The third-order valence-electron chi connectivity index (χ3n) is 3.66. The van der Waals surface area contributed by atoms with E-state index >= 15 is 0 Å². The monoisotopic (exact) mass is 284 g/mol. The summed E-state index contributed by atoms with van der Waals surface area (Å²) in [4.78, 5) is 14.8. The minimum absolute atomic E-state index is 0.0685. The van der Waals surface area contributed by atoms with Crippen molar-refractivity contribution in [2.45, 2.75) is 50.7 Å². The molecule has 2 rings (SSSR count). The zero-order valence-corrected chi connectivity index (χ0v) is 12.0. The molecule has 2 unspecified atom stereocenters. The van der Waals surface area contributed by atoms with Gasteiger partial charge in [-0.05, 0) is 18.8 Å². The van der Waals surface area contributed by atoms with Gasteiger partial charge in [-0.1, -0.05) is 31.3 Å². The number of aromatic nitrogens is 2. The van der Waals surface area contributed by atoms with Crippen LogP contribution in [0.1, 0.15) is 56.7 Å². The molecule has 0 amide bonds. The van der Waals surface area contributed by atoms with Crippen molar-refractivity contribution in [2.75, 3.05) is 5.75 Å². The van der Waals surface area contributed by atoms with Gasteiger partial charge < -0.3 is 9.63 Å². The second kappa shape index (κ2) is 6.93. The summed E-state index contributed by atoms with van der Waals surface area (Å²) in [7, 11) is 0. The maximum atomic E-state index is 10.4. The highest BCUT2D eigenvalue weighted by Gasteiger charge is 2.25. The Morgan fingerprint density at radius 3 is 3.11 bits per heavy atom. The van der Waals surface area contributed by atoms with Gasteiger partial charge in [0.2, 0.25) is 5.89 Å². The molecule has 0 radical (unpaired) electrons. The van der Waals surface area contributed by atoms with Gasteiger partial charge in [-0.3, -0.25) is 4.79 Å². The molecule has 1 heterocycles. The van der Waals surface area contributed by atoms with E-state index in [2.05, 4.69) is 17.1 Å². The molecule has 1 N–H and O–H groups in total. The van der Waals surface area contributed by atoms with Gasteiger partial charge in [0, 0.05) is 5.92 Å². The highest BCUT2D eigenvalue weighted by Crippen LogP contribution is 2.36. The first-order valence-corrected chi connectivity index (χ1v) is 7.96. The summed E-state index contributed by atoms with van der Waals surface area (Å²) in [5, 5.41) is 12.6. The predicted molar refractivity (Wildman–Crippen MR) is 73.1 cm³/mol. The summed E-state index contributed by atoms with van der Waals surface area (Å²) >= 11 is 1.28. The molecule has 1 fully saturated rings. The van der Waals surface area contributed by atoms with E-state index in [0.29, 0.717) is 17.6 Å². The molecule has 1 aromatic heterocycles. The van der Waals surface area contributed by atoms with E-state index in [0.717, 1.165) is 24.6 Å². The van der Waals surface area contributed by atoms with Crippen molar-refractivity contribution in [3.05, 3.63) is 11.7 Å². The van der Waals surface area contributed by atoms with E-state index in [9.17, 15) is 4.79 Å². The van der Waals surface area contributed by atoms with E-state index in [1.807, 2.05) is 0 Å². The number of hydrogen-bond donors (Lipinski definition) is 1. The van der Waals surface area contributed by atoms with Gasteiger partial charge in [-0.15, -0.1) is 11.8 Å². The standard InChI is InChI=1S/C13H20N2O3S/c1-2-9-4-3-5-10(6-9)13-14-11(18-15-13)7-19-8-12(16)17/h9-10H,2-8H2,1H3,(H,16,17). The maximum Gasteiger partial charge on any atom is 0.313 e. The third kappa shape index (κ3) is 4.23. The van der Waals surface area contributed by atoms with Gasteiger partial charge in [0.05, 0.1) is 11.5 Å². The summed E-state index contributed by atoms with van der Waals surface area (Å²) in [6, 6.07) is 0. The van der Waals surface area contributed by atoms with E-state index in [1.54, 1.807) is 0 Å². The Morgan fingerprint density at radius 2 is 2.37 bits per heavy atom. The van der Waals surface area contributed by atoms with Crippen molar-refractivity contribution in [3.8, 4) is 0 Å². The van der Waals surface area contributed by atoms with Crippen LogP contribution in [0.2, 0.25) is 0 Å². The molecule has 0 aliphatic heterocycles. The van der Waals surface area contributed by atoms with Crippen molar-refractivity contribution in [3.63, 3.8) is 0 Å². The van der Waals surface area contributed by atoms with Crippen LogP contribution >= 0.6 is 11.8 Å². The van der Waals surface area contributed by atoms with Gasteiger partial charge >= 0.3 is 5.97 Å². The van der Waals surface area contributed by atoms with Crippen LogP contribution in [0, 0.1) is 5.92 Å². The fraction of sp³-hybridized carbons (Fsp3) is 0.769. The molecular formula is C13H20N2O3S. The Balaban J connectivity index is 1.87. The molecule has 2 atom stereocenters. The average molecular weight is 284 g/mol. The number of thioether (sulfide) groups is 1. The van der Waals surface area contributed by atoms with Crippen molar-refractivity contribution in [2.24, 2.45) is 5.92 Å². The van der Waals surface area contributed by atoms with Crippen molar-refractivity contribution >= 4 is 17.7 Å². The fourth-order valence-electron chi connectivity index (χ4n) is 2.61. The molecule has 0 saturated heterocycles. The molecule has 1 aliphatic carbocycles. The van der Waals surface area contributed by atoms with Crippen molar-refractivity contribution < 1.29 is 14.4 Å². The minimum atomic E-state index is -0.817. The molecule has 19 heavy (non-hydrogen) atoms. The number of carboxylic acid groups (broad SMARTS) is 1. The molecule has 0 bridgehead atoms. The fourth-order valence-corrected chi connectivity index (χ4v) is 3.18. The number of aliphatic carboxylic acids is 1. The number of nitrogens with zero attached hydrogens (tertiary/aromatic N) is 2. The van der Waals surface area contributed by atoms with Crippen molar-refractivity contribution in [1.29, 1.82) is 0 Å². The van der Waals surface area contributed by atoms with Crippen molar-refractivity contribution in [1.82, 2.24) is 10.1 Å². The third-order valence-corrected chi connectivity index (χ3v) is 4.56. The molecular weight excluding hydrogens is 264 g/mol. The van der Waals surface area contributed by atoms with Gasteiger partial charge in [-0.2, -0.15) is 4.98 Å². The topological polar surface area (TPSA) is 76.2 Å². The zero-order valence-electron chi connectivity index (χ0n) is 11.2. The number of rotatable bonds is 6. The lowest BCUT2D eigenvalue weighted by Gasteiger charge is -2.26.